The molecule has 0 aromatic heterocycles. The van der Waals surface area contributed by atoms with Crippen LogP contribution in [0.1, 0.15) is 16.7 Å². The molecule has 1 aliphatic rings. The first kappa shape index (κ1) is 20.3. The van der Waals surface area contributed by atoms with Gasteiger partial charge in [0.1, 0.15) is 0 Å². The Kier molecular flexibility index (Phi) is 6.68. The molecule has 3 rings (SSSR count). The van der Waals surface area contributed by atoms with E-state index >= 15 is 0 Å². The fraction of sp³-hybridized carbons (Fsp3) is 0.478. The van der Waals surface area contributed by atoms with Gasteiger partial charge in [0.05, 0.1) is 21.3 Å². The van der Waals surface area contributed by atoms with Gasteiger partial charge in [0, 0.05) is 38.4 Å². The molecule has 0 atom stereocenters. The first-order valence-electron chi connectivity index (χ1n) is 9.89. The molecule has 1 fully saturated rings. The molecule has 5 heteroatoms. The molecule has 1 heterocycles. The normalized spacial score (nSPS) is 14.8. The lowest BCUT2D eigenvalue weighted by atomic mass is 10.1. The largest absolute Gasteiger partial charge is 0.493 e. The Balaban J connectivity index is 1.57. The maximum absolute atomic E-state index is 5.47. The summed E-state index contributed by atoms with van der Waals surface area (Å²) in [5.41, 5.74) is 5.26. The molecule has 152 valence electrons. The van der Waals surface area contributed by atoms with E-state index in [1.54, 1.807) is 21.3 Å². The molecule has 0 unspecified atom stereocenters. The molecule has 0 aliphatic carbocycles. The summed E-state index contributed by atoms with van der Waals surface area (Å²) < 4.78 is 16.3. The highest BCUT2D eigenvalue weighted by Crippen LogP contribution is 2.38. The van der Waals surface area contributed by atoms with Gasteiger partial charge in [0.25, 0.3) is 0 Å². The van der Waals surface area contributed by atoms with Crippen LogP contribution in [0.25, 0.3) is 0 Å². The van der Waals surface area contributed by atoms with Gasteiger partial charge in [-0.3, -0.25) is 4.90 Å². The van der Waals surface area contributed by atoms with Crippen molar-refractivity contribution in [3.05, 3.63) is 47.0 Å². The van der Waals surface area contributed by atoms with Crippen LogP contribution in [0.5, 0.6) is 17.2 Å². The van der Waals surface area contributed by atoms with Crippen molar-refractivity contribution in [1.82, 2.24) is 4.90 Å². The van der Waals surface area contributed by atoms with E-state index in [2.05, 4.69) is 41.8 Å². The fourth-order valence-electron chi connectivity index (χ4n) is 3.72. The molecule has 0 N–H and O–H groups in total. The van der Waals surface area contributed by atoms with Gasteiger partial charge < -0.3 is 19.1 Å². The molecule has 0 bridgehead atoms. The number of rotatable bonds is 7. The first-order valence-corrected chi connectivity index (χ1v) is 9.89. The molecule has 0 amide bonds. The maximum Gasteiger partial charge on any atom is 0.203 e. The van der Waals surface area contributed by atoms with Crippen LogP contribution in [0, 0.1) is 13.8 Å². The van der Waals surface area contributed by atoms with Crippen molar-refractivity contribution in [3.8, 4) is 17.2 Å². The molecule has 0 radical (unpaired) electrons. The lowest BCUT2D eigenvalue weighted by Crippen LogP contribution is -2.47. The Hall–Kier alpha value is -2.40. The van der Waals surface area contributed by atoms with Gasteiger partial charge in [0.15, 0.2) is 11.5 Å². The molecule has 1 aliphatic heterocycles. The van der Waals surface area contributed by atoms with Crippen molar-refractivity contribution < 1.29 is 14.2 Å². The number of piperazine rings is 1. The van der Waals surface area contributed by atoms with E-state index < -0.39 is 0 Å². The lowest BCUT2D eigenvalue weighted by molar-refractivity contribution is 0.260. The Bertz CT molecular complexity index is 773. The van der Waals surface area contributed by atoms with Crippen LogP contribution in [0.2, 0.25) is 0 Å². The Morgan fingerprint density at radius 1 is 0.786 bits per heavy atom. The van der Waals surface area contributed by atoms with Crippen molar-refractivity contribution in [1.29, 1.82) is 0 Å². The lowest BCUT2D eigenvalue weighted by Gasteiger charge is -2.36. The third-order valence-corrected chi connectivity index (χ3v) is 5.67. The zero-order valence-electron chi connectivity index (χ0n) is 17.7. The van der Waals surface area contributed by atoms with Crippen molar-refractivity contribution in [3.63, 3.8) is 0 Å². The van der Waals surface area contributed by atoms with Crippen molar-refractivity contribution in [2.75, 3.05) is 59.0 Å². The van der Waals surface area contributed by atoms with Gasteiger partial charge in [-0.1, -0.05) is 6.07 Å². The fourth-order valence-corrected chi connectivity index (χ4v) is 3.72. The summed E-state index contributed by atoms with van der Waals surface area (Å²) in [4.78, 5) is 5.02. The van der Waals surface area contributed by atoms with E-state index in [0.29, 0.717) is 5.75 Å². The van der Waals surface area contributed by atoms with Gasteiger partial charge in [-0.05, 0) is 61.2 Å². The van der Waals surface area contributed by atoms with Gasteiger partial charge in [0.2, 0.25) is 5.75 Å². The summed E-state index contributed by atoms with van der Waals surface area (Å²) >= 11 is 0. The zero-order chi connectivity index (χ0) is 20.1. The minimum atomic E-state index is 0.649. The molecule has 0 spiro atoms. The number of methoxy groups -OCH3 is 3. The Labute approximate surface area is 168 Å². The highest BCUT2D eigenvalue weighted by Gasteiger charge is 2.18. The van der Waals surface area contributed by atoms with Crippen molar-refractivity contribution in [2.24, 2.45) is 0 Å². The van der Waals surface area contributed by atoms with Gasteiger partial charge in [-0.15, -0.1) is 0 Å². The standard InChI is InChI=1S/C23H32N2O3/c1-17-6-7-20(14-18(17)2)25-12-10-24(11-13-25)9-8-19-15-21(26-3)23(28-5)22(16-19)27-4/h6-7,14-16H,8-13H2,1-5H3. The minimum absolute atomic E-state index is 0.649. The van der Waals surface area contributed by atoms with E-state index in [1.807, 2.05) is 12.1 Å². The predicted octanol–water partition coefficient (Wildman–Crippen LogP) is 3.69. The van der Waals surface area contributed by atoms with E-state index in [-0.39, 0.29) is 0 Å². The molecule has 0 saturated carbocycles. The molecule has 28 heavy (non-hydrogen) atoms. The monoisotopic (exact) mass is 384 g/mol. The second-order valence-corrected chi connectivity index (χ2v) is 7.38. The predicted molar refractivity (Wildman–Crippen MR) is 114 cm³/mol. The van der Waals surface area contributed by atoms with Crippen LogP contribution in [0.15, 0.2) is 30.3 Å². The summed E-state index contributed by atoms with van der Waals surface area (Å²) in [6.45, 7) is 9.68. The second kappa shape index (κ2) is 9.20. The van der Waals surface area contributed by atoms with Crippen LogP contribution in [0.3, 0.4) is 0 Å². The van der Waals surface area contributed by atoms with E-state index in [4.69, 9.17) is 14.2 Å². The van der Waals surface area contributed by atoms with Crippen LogP contribution in [-0.4, -0.2) is 59.0 Å². The summed E-state index contributed by atoms with van der Waals surface area (Å²) in [5.74, 6) is 2.09. The number of aryl methyl sites for hydroxylation is 2. The minimum Gasteiger partial charge on any atom is -0.493 e. The summed E-state index contributed by atoms with van der Waals surface area (Å²) in [6.07, 6.45) is 0.959. The molecule has 2 aromatic rings. The average Bonchev–Trinajstić information content (AvgIpc) is 2.73. The molecule has 5 nitrogen and oxygen atoms in total. The first-order chi connectivity index (χ1) is 13.5. The Morgan fingerprint density at radius 3 is 1.96 bits per heavy atom. The number of benzene rings is 2. The van der Waals surface area contributed by atoms with E-state index in [1.165, 1.54) is 22.4 Å². The van der Waals surface area contributed by atoms with Crippen LogP contribution in [0.4, 0.5) is 5.69 Å². The molecular formula is C23H32N2O3. The summed E-state index contributed by atoms with van der Waals surface area (Å²) in [5, 5.41) is 0. The topological polar surface area (TPSA) is 34.2 Å². The SMILES string of the molecule is COc1cc(CCN2CCN(c3ccc(C)c(C)c3)CC2)cc(OC)c1OC. The zero-order valence-corrected chi connectivity index (χ0v) is 17.7. The number of hydrogen-bond donors (Lipinski definition) is 0. The Morgan fingerprint density at radius 2 is 1.43 bits per heavy atom. The maximum atomic E-state index is 5.47. The molecule has 2 aromatic carbocycles. The third-order valence-electron chi connectivity index (χ3n) is 5.67. The van der Waals surface area contributed by atoms with Crippen molar-refractivity contribution >= 4 is 5.69 Å². The number of anilines is 1. The number of nitrogens with zero attached hydrogens (tertiary/aromatic N) is 2. The number of hydrogen-bond acceptors (Lipinski definition) is 5. The smallest absolute Gasteiger partial charge is 0.203 e. The highest BCUT2D eigenvalue weighted by atomic mass is 16.5. The van der Waals surface area contributed by atoms with Crippen LogP contribution < -0.4 is 19.1 Å². The van der Waals surface area contributed by atoms with Gasteiger partial charge in [-0.25, -0.2) is 0 Å². The summed E-state index contributed by atoms with van der Waals surface area (Å²) in [7, 11) is 4.95. The quantitative estimate of drug-likeness (QED) is 0.727. The van der Waals surface area contributed by atoms with Gasteiger partial charge in [-0.2, -0.15) is 0 Å². The molecular weight excluding hydrogens is 352 g/mol. The van der Waals surface area contributed by atoms with Crippen molar-refractivity contribution in [2.45, 2.75) is 20.3 Å². The highest BCUT2D eigenvalue weighted by molar-refractivity contribution is 5.54. The third kappa shape index (κ3) is 4.53. The van der Waals surface area contributed by atoms with E-state index in [0.717, 1.165) is 50.6 Å². The summed E-state index contributed by atoms with van der Waals surface area (Å²) in [6, 6.07) is 10.9. The van der Waals surface area contributed by atoms with Gasteiger partial charge >= 0.3 is 0 Å². The van der Waals surface area contributed by atoms with Crippen LogP contribution in [-0.2, 0) is 6.42 Å². The second-order valence-electron chi connectivity index (χ2n) is 7.38. The average molecular weight is 385 g/mol. The van der Waals surface area contributed by atoms with E-state index in [9.17, 15) is 0 Å². The number of ether oxygens (including phenoxy) is 3. The van der Waals surface area contributed by atoms with Crippen LogP contribution >= 0.6 is 0 Å². The molecule has 1 saturated heterocycles.